The third-order valence-corrected chi connectivity index (χ3v) is 3.48. The fraction of sp³-hybridized carbons (Fsp3) is 0.176. The molecule has 0 unspecified atom stereocenters. The topological polar surface area (TPSA) is 3.24 Å². The van der Waals surface area contributed by atoms with E-state index in [0.717, 1.165) is 19.5 Å². The summed E-state index contributed by atoms with van der Waals surface area (Å²) in [6.07, 6.45) is 3.48. The van der Waals surface area contributed by atoms with Crippen molar-refractivity contribution in [2.24, 2.45) is 0 Å². The Bertz CT molecular complexity index is 528. The Labute approximate surface area is 108 Å². The lowest BCUT2D eigenvalue weighted by Crippen LogP contribution is -2.28. The average molecular weight is 235 g/mol. The summed E-state index contributed by atoms with van der Waals surface area (Å²) >= 11 is 0. The molecule has 0 fully saturated rings. The Morgan fingerprint density at radius 3 is 2.06 bits per heavy atom. The summed E-state index contributed by atoms with van der Waals surface area (Å²) in [6, 6.07) is 21.3. The number of rotatable bonds is 2. The zero-order valence-corrected chi connectivity index (χ0v) is 10.4. The molecule has 0 saturated carbocycles. The van der Waals surface area contributed by atoms with Crippen LogP contribution in [0.3, 0.4) is 0 Å². The molecule has 90 valence electrons. The summed E-state index contributed by atoms with van der Waals surface area (Å²) in [5.41, 5.74) is 4.16. The van der Waals surface area contributed by atoms with Crippen LogP contribution in [0.25, 0.3) is 5.57 Å². The molecule has 18 heavy (non-hydrogen) atoms. The summed E-state index contributed by atoms with van der Waals surface area (Å²) in [4.78, 5) is 2.42. The second kappa shape index (κ2) is 5.09. The van der Waals surface area contributed by atoms with Crippen molar-refractivity contribution in [1.82, 2.24) is 0 Å². The molecule has 1 heterocycles. The molecule has 0 saturated heterocycles. The SMILES string of the molecule is C1=C(c2ccccc2)CCN(c2ccccc2)C1. The van der Waals surface area contributed by atoms with E-state index in [0.29, 0.717) is 0 Å². The number of hydrogen-bond donors (Lipinski definition) is 0. The van der Waals surface area contributed by atoms with Crippen LogP contribution in [0.2, 0.25) is 0 Å². The van der Waals surface area contributed by atoms with Gasteiger partial charge in [-0.15, -0.1) is 0 Å². The molecule has 0 aliphatic carbocycles. The molecule has 0 amide bonds. The third-order valence-electron chi connectivity index (χ3n) is 3.48. The van der Waals surface area contributed by atoms with Gasteiger partial charge in [0.1, 0.15) is 0 Å². The minimum Gasteiger partial charge on any atom is -0.367 e. The molecule has 3 rings (SSSR count). The van der Waals surface area contributed by atoms with E-state index in [1.54, 1.807) is 0 Å². The number of anilines is 1. The Morgan fingerprint density at radius 2 is 1.44 bits per heavy atom. The summed E-state index contributed by atoms with van der Waals surface area (Å²) in [5.74, 6) is 0. The number of para-hydroxylation sites is 1. The summed E-state index contributed by atoms with van der Waals surface area (Å²) < 4.78 is 0. The summed E-state index contributed by atoms with van der Waals surface area (Å²) in [6.45, 7) is 2.11. The van der Waals surface area contributed by atoms with Crippen LogP contribution in [0.15, 0.2) is 66.7 Å². The van der Waals surface area contributed by atoms with Crippen LogP contribution >= 0.6 is 0 Å². The highest BCUT2D eigenvalue weighted by atomic mass is 15.1. The predicted molar refractivity (Wildman–Crippen MR) is 77.7 cm³/mol. The van der Waals surface area contributed by atoms with E-state index in [4.69, 9.17) is 0 Å². The van der Waals surface area contributed by atoms with E-state index < -0.39 is 0 Å². The highest BCUT2D eigenvalue weighted by Gasteiger charge is 2.12. The van der Waals surface area contributed by atoms with Gasteiger partial charge in [0.05, 0.1) is 0 Å². The molecule has 2 aromatic rings. The van der Waals surface area contributed by atoms with Gasteiger partial charge in [0.2, 0.25) is 0 Å². The first-order valence-electron chi connectivity index (χ1n) is 6.48. The lowest BCUT2D eigenvalue weighted by molar-refractivity contribution is 0.833. The Hall–Kier alpha value is -2.02. The monoisotopic (exact) mass is 235 g/mol. The first-order valence-corrected chi connectivity index (χ1v) is 6.48. The fourth-order valence-corrected chi connectivity index (χ4v) is 2.46. The van der Waals surface area contributed by atoms with E-state index in [9.17, 15) is 0 Å². The van der Waals surface area contributed by atoms with Crippen LogP contribution in [0.5, 0.6) is 0 Å². The van der Waals surface area contributed by atoms with Crippen molar-refractivity contribution >= 4 is 11.3 Å². The molecule has 1 aliphatic rings. The molecule has 2 aromatic carbocycles. The van der Waals surface area contributed by atoms with Gasteiger partial charge in [-0.1, -0.05) is 54.6 Å². The van der Waals surface area contributed by atoms with Crippen molar-refractivity contribution in [2.45, 2.75) is 6.42 Å². The van der Waals surface area contributed by atoms with Crippen LogP contribution < -0.4 is 4.90 Å². The zero-order valence-electron chi connectivity index (χ0n) is 10.4. The molecule has 0 atom stereocenters. The lowest BCUT2D eigenvalue weighted by Gasteiger charge is -2.28. The standard InChI is InChI=1S/C17H17N/c1-3-7-15(8-4-1)16-11-13-18(14-12-16)17-9-5-2-6-10-17/h1-11H,12-14H2. The number of nitrogens with zero attached hydrogens (tertiary/aromatic N) is 1. The molecule has 1 heteroatoms. The Morgan fingerprint density at radius 1 is 0.778 bits per heavy atom. The zero-order chi connectivity index (χ0) is 12.2. The minimum absolute atomic E-state index is 1.01. The largest absolute Gasteiger partial charge is 0.367 e. The second-order valence-electron chi connectivity index (χ2n) is 4.63. The van der Waals surface area contributed by atoms with Gasteiger partial charge in [-0.25, -0.2) is 0 Å². The van der Waals surface area contributed by atoms with Crippen LogP contribution in [-0.2, 0) is 0 Å². The van der Waals surface area contributed by atoms with Gasteiger partial charge in [0, 0.05) is 18.8 Å². The van der Waals surface area contributed by atoms with Gasteiger partial charge < -0.3 is 4.90 Å². The van der Waals surface area contributed by atoms with Crippen molar-refractivity contribution in [3.8, 4) is 0 Å². The lowest BCUT2D eigenvalue weighted by atomic mass is 9.99. The molecule has 1 aliphatic heterocycles. The summed E-state index contributed by atoms with van der Waals surface area (Å²) in [7, 11) is 0. The van der Waals surface area contributed by atoms with Crippen molar-refractivity contribution in [1.29, 1.82) is 0 Å². The maximum absolute atomic E-state index is 2.42. The van der Waals surface area contributed by atoms with Gasteiger partial charge in [0.15, 0.2) is 0 Å². The van der Waals surface area contributed by atoms with Gasteiger partial charge in [-0.3, -0.25) is 0 Å². The van der Waals surface area contributed by atoms with Crippen LogP contribution in [0, 0.1) is 0 Å². The maximum atomic E-state index is 2.42. The molecule has 0 N–H and O–H groups in total. The van der Waals surface area contributed by atoms with Gasteiger partial charge >= 0.3 is 0 Å². The van der Waals surface area contributed by atoms with Crippen molar-refractivity contribution in [2.75, 3.05) is 18.0 Å². The van der Waals surface area contributed by atoms with E-state index in [1.807, 2.05) is 0 Å². The molecular formula is C17H17N. The van der Waals surface area contributed by atoms with Gasteiger partial charge in [-0.05, 0) is 29.7 Å². The van der Waals surface area contributed by atoms with E-state index in [2.05, 4.69) is 71.6 Å². The van der Waals surface area contributed by atoms with E-state index in [-0.39, 0.29) is 0 Å². The van der Waals surface area contributed by atoms with Gasteiger partial charge in [0.25, 0.3) is 0 Å². The molecule has 0 radical (unpaired) electrons. The van der Waals surface area contributed by atoms with E-state index in [1.165, 1.54) is 16.8 Å². The molecular weight excluding hydrogens is 218 g/mol. The quantitative estimate of drug-likeness (QED) is 0.761. The second-order valence-corrected chi connectivity index (χ2v) is 4.63. The molecule has 1 nitrogen and oxygen atoms in total. The minimum atomic E-state index is 1.01. The maximum Gasteiger partial charge on any atom is 0.0369 e. The highest BCUT2D eigenvalue weighted by Crippen LogP contribution is 2.25. The number of benzene rings is 2. The predicted octanol–water partition coefficient (Wildman–Crippen LogP) is 3.98. The highest BCUT2D eigenvalue weighted by molar-refractivity contribution is 5.68. The normalized spacial score (nSPS) is 15.3. The smallest absolute Gasteiger partial charge is 0.0369 e. The van der Waals surface area contributed by atoms with Crippen LogP contribution in [0.1, 0.15) is 12.0 Å². The molecule has 0 bridgehead atoms. The summed E-state index contributed by atoms with van der Waals surface area (Å²) in [5, 5.41) is 0. The Balaban J connectivity index is 1.76. The van der Waals surface area contributed by atoms with Crippen molar-refractivity contribution in [3.63, 3.8) is 0 Å². The van der Waals surface area contributed by atoms with Crippen LogP contribution in [0.4, 0.5) is 5.69 Å². The number of hydrogen-bond acceptors (Lipinski definition) is 1. The van der Waals surface area contributed by atoms with Gasteiger partial charge in [-0.2, -0.15) is 0 Å². The first-order chi connectivity index (χ1) is 8.93. The molecule has 0 aromatic heterocycles. The third kappa shape index (κ3) is 2.30. The fourth-order valence-electron chi connectivity index (χ4n) is 2.46. The van der Waals surface area contributed by atoms with Crippen molar-refractivity contribution < 1.29 is 0 Å². The van der Waals surface area contributed by atoms with Crippen molar-refractivity contribution in [3.05, 3.63) is 72.3 Å². The van der Waals surface area contributed by atoms with Crippen LogP contribution in [-0.4, -0.2) is 13.1 Å². The first kappa shape index (κ1) is 11.1. The molecule has 0 spiro atoms. The average Bonchev–Trinajstić information content (AvgIpc) is 2.49. The van der Waals surface area contributed by atoms with E-state index >= 15 is 0 Å². The Kier molecular flexibility index (Phi) is 3.14.